The van der Waals surface area contributed by atoms with Crippen LogP contribution in [0, 0.1) is 5.92 Å². The lowest BCUT2D eigenvalue weighted by Crippen LogP contribution is -2.28. The minimum Gasteiger partial charge on any atom is -0.397 e. The number of halogens is 2. The van der Waals surface area contributed by atoms with E-state index in [1.807, 2.05) is 43.4 Å². The smallest absolute Gasteiger partial charge is 0.248 e. The fourth-order valence-electron chi connectivity index (χ4n) is 4.22. The number of carbonyl (C=O) groups excluding carboxylic acids is 2. The molecule has 8 heteroatoms. The van der Waals surface area contributed by atoms with Gasteiger partial charge in [-0.15, -0.1) is 0 Å². The van der Waals surface area contributed by atoms with Crippen LogP contribution in [0.1, 0.15) is 17.0 Å². The second-order valence-electron chi connectivity index (χ2n) is 8.63. The summed E-state index contributed by atoms with van der Waals surface area (Å²) < 4.78 is 0. The Labute approximate surface area is 214 Å². The number of nitrogens with two attached hydrogens (primary N) is 1. The molecule has 6 nitrogen and oxygen atoms in total. The van der Waals surface area contributed by atoms with Crippen molar-refractivity contribution in [1.82, 2.24) is 4.90 Å². The average Bonchev–Trinajstić information content (AvgIpc) is 3.24. The monoisotopic (exact) mass is 508 g/mol. The molecule has 0 saturated carbocycles. The molecule has 1 fully saturated rings. The van der Waals surface area contributed by atoms with E-state index in [9.17, 15) is 9.59 Å². The van der Waals surface area contributed by atoms with Crippen LogP contribution in [0.3, 0.4) is 0 Å². The maximum absolute atomic E-state index is 13.1. The van der Waals surface area contributed by atoms with E-state index in [4.69, 9.17) is 28.9 Å². The number of carbonyl (C=O) groups is 2. The molecule has 35 heavy (non-hydrogen) atoms. The minimum absolute atomic E-state index is 0.0464. The van der Waals surface area contributed by atoms with E-state index in [2.05, 4.69) is 15.5 Å². The van der Waals surface area contributed by atoms with Crippen LogP contribution < -0.4 is 16.4 Å². The molecular weight excluding hydrogens is 483 g/mol. The van der Waals surface area contributed by atoms with Crippen molar-refractivity contribution in [2.45, 2.75) is 5.92 Å². The van der Waals surface area contributed by atoms with Gasteiger partial charge in [-0.05, 0) is 54.6 Å². The molecule has 0 aromatic heterocycles. The predicted octanol–water partition coefficient (Wildman–Crippen LogP) is 5.51. The summed E-state index contributed by atoms with van der Waals surface area (Å²) in [5, 5.41) is 6.58. The second kappa shape index (κ2) is 11.0. The van der Waals surface area contributed by atoms with E-state index >= 15 is 0 Å². The summed E-state index contributed by atoms with van der Waals surface area (Å²) in [5.74, 6) is -0.481. The molecule has 2 amide bonds. The molecule has 3 aromatic carbocycles. The Kier molecular flexibility index (Phi) is 7.76. The Morgan fingerprint density at radius 3 is 2.43 bits per heavy atom. The van der Waals surface area contributed by atoms with Crippen molar-refractivity contribution < 1.29 is 9.59 Å². The Bertz CT molecular complexity index is 1260. The molecule has 0 radical (unpaired) electrons. The number of amides is 2. The number of nitrogens with one attached hydrogen (secondary N) is 2. The number of likely N-dealkylation sites (tertiary alicyclic amines) is 1. The summed E-state index contributed by atoms with van der Waals surface area (Å²) >= 11 is 12.1. The fraction of sp³-hybridized carbons (Fsp3) is 0.185. The van der Waals surface area contributed by atoms with E-state index in [1.165, 1.54) is 6.08 Å². The van der Waals surface area contributed by atoms with Gasteiger partial charge in [0.1, 0.15) is 0 Å². The first kappa shape index (κ1) is 24.8. The van der Waals surface area contributed by atoms with Gasteiger partial charge in [-0.25, -0.2) is 0 Å². The first-order valence-electron chi connectivity index (χ1n) is 11.2. The third-order valence-corrected chi connectivity index (χ3v) is 6.78. The molecular formula is C27H26Cl2N4O2. The van der Waals surface area contributed by atoms with Crippen molar-refractivity contribution in [1.29, 1.82) is 0 Å². The quantitative estimate of drug-likeness (QED) is 0.302. The molecule has 0 aliphatic carbocycles. The molecule has 4 N–H and O–H groups in total. The number of benzene rings is 3. The Morgan fingerprint density at radius 2 is 1.71 bits per heavy atom. The number of nitrogen functional groups attached to an aromatic ring is 1. The lowest BCUT2D eigenvalue weighted by Gasteiger charge is -2.19. The molecule has 4 rings (SSSR count). The van der Waals surface area contributed by atoms with E-state index in [0.717, 1.165) is 17.7 Å². The van der Waals surface area contributed by atoms with Gasteiger partial charge in [0.05, 0.1) is 27.3 Å². The van der Waals surface area contributed by atoms with Crippen LogP contribution in [-0.4, -0.2) is 36.9 Å². The second-order valence-corrected chi connectivity index (χ2v) is 9.44. The van der Waals surface area contributed by atoms with Gasteiger partial charge in [0, 0.05) is 30.8 Å². The van der Waals surface area contributed by atoms with Crippen molar-refractivity contribution >= 4 is 58.2 Å². The van der Waals surface area contributed by atoms with E-state index in [1.54, 1.807) is 36.4 Å². The molecule has 0 bridgehead atoms. The molecule has 1 saturated heterocycles. The van der Waals surface area contributed by atoms with Gasteiger partial charge in [-0.1, -0.05) is 59.6 Å². The van der Waals surface area contributed by atoms with Crippen molar-refractivity contribution in [3.63, 3.8) is 0 Å². The highest BCUT2D eigenvalue weighted by molar-refractivity contribution is 6.42. The number of para-hydroxylation sites is 2. The summed E-state index contributed by atoms with van der Waals surface area (Å²) in [5.41, 5.74) is 9.53. The summed E-state index contributed by atoms with van der Waals surface area (Å²) in [7, 11) is 2.01. The summed E-state index contributed by atoms with van der Waals surface area (Å²) in [6, 6.07) is 20.1. The minimum atomic E-state index is -0.261. The fourth-order valence-corrected chi connectivity index (χ4v) is 4.52. The summed E-state index contributed by atoms with van der Waals surface area (Å²) in [4.78, 5) is 27.5. The Morgan fingerprint density at radius 1 is 0.971 bits per heavy atom. The third kappa shape index (κ3) is 6.22. The molecule has 0 spiro atoms. The molecule has 180 valence electrons. The maximum atomic E-state index is 13.1. The van der Waals surface area contributed by atoms with Crippen LogP contribution in [0.5, 0.6) is 0 Å². The molecule has 1 aliphatic rings. The summed E-state index contributed by atoms with van der Waals surface area (Å²) in [6.45, 7) is 1.43. The number of hydrogen-bond acceptors (Lipinski definition) is 4. The number of likely N-dealkylation sites (N-methyl/N-ethyl adjacent to an activating group) is 1. The van der Waals surface area contributed by atoms with Crippen LogP contribution in [0.4, 0.5) is 17.1 Å². The standard InChI is InChI=1S/C27H26Cl2N4O2/c1-33-15-20(21(16-33)27(35)31-19-11-12-22(28)23(29)14-19)18-9-6-17(7-10-18)8-13-26(34)32-25-5-3-2-4-24(25)30/h2-14,20-21H,15-16,30H2,1H3,(H,31,35)(H,32,34)/b13-8+/t20-,21+/m1/s1. The van der Waals surface area contributed by atoms with Gasteiger partial charge in [-0.2, -0.15) is 0 Å². The maximum Gasteiger partial charge on any atom is 0.248 e. The van der Waals surface area contributed by atoms with Crippen molar-refractivity contribution in [3.8, 4) is 0 Å². The lowest BCUT2D eigenvalue weighted by molar-refractivity contribution is -0.119. The van der Waals surface area contributed by atoms with Gasteiger partial charge < -0.3 is 21.3 Å². The van der Waals surface area contributed by atoms with E-state index in [-0.39, 0.29) is 23.7 Å². The van der Waals surface area contributed by atoms with Gasteiger partial charge in [0.15, 0.2) is 0 Å². The zero-order chi connectivity index (χ0) is 24.9. The van der Waals surface area contributed by atoms with Crippen molar-refractivity contribution in [2.75, 3.05) is 36.5 Å². The normalized spacial score (nSPS) is 18.0. The van der Waals surface area contributed by atoms with Crippen LogP contribution in [-0.2, 0) is 9.59 Å². The van der Waals surface area contributed by atoms with Crippen LogP contribution in [0.2, 0.25) is 10.0 Å². The first-order valence-corrected chi connectivity index (χ1v) is 11.9. The molecule has 0 unspecified atom stereocenters. The number of anilines is 3. The van der Waals surface area contributed by atoms with E-state index < -0.39 is 0 Å². The number of nitrogens with zero attached hydrogens (tertiary/aromatic N) is 1. The summed E-state index contributed by atoms with van der Waals surface area (Å²) in [6.07, 6.45) is 3.21. The first-order chi connectivity index (χ1) is 16.8. The highest BCUT2D eigenvalue weighted by Crippen LogP contribution is 2.34. The van der Waals surface area contributed by atoms with Gasteiger partial charge in [-0.3, -0.25) is 9.59 Å². The topological polar surface area (TPSA) is 87.5 Å². The van der Waals surface area contributed by atoms with Crippen molar-refractivity contribution in [3.05, 3.63) is 94.0 Å². The van der Waals surface area contributed by atoms with Crippen LogP contribution >= 0.6 is 23.2 Å². The largest absolute Gasteiger partial charge is 0.397 e. The number of rotatable bonds is 6. The van der Waals surface area contributed by atoms with Crippen LogP contribution in [0.15, 0.2) is 72.8 Å². The van der Waals surface area contributed by atoms with Gasteiger partial charge in [0.2, 0.25) is 11.8 Å². The SMILES string of the molecule is CN1C[C@H](C(=O)Nc2ccc(Cl)c(Cl)c2)[C@@H](c2ccc(/C=C/C(=O)Nc3ccccc3N)cc2)C1. The van der Waals surface area contributed by atoms with Crippen molar-refractivity contribution in [2.24, 2.45) is 5.92 Å². The lowest BCUT2D eigenvalue weighted by atomic mass is 9.88. The molecule has 1 aliphatic heterocycles. The molecule has 2 atom stereocenters. The molecule has 1 heterocycles. The van der Waals surface area contributed by atoms with Gasteiger partial charge >= 0.3 is 0 Å². The highest BCUT2D eigenvalue weighted by atomic mass is 35.5. The zero-order valence-corrected chi connectivity index (χ0v) is 20.7. The Balaban J connectivity index is 1.41. The predicted molar refractivity (Wildman–Crippen MR) is 144 cm³/mol. The Hall–Kier alpha value is -3.32. The zero-order valence-electron chi connectivity index (χ0n) is 19.2. The number of hydrogen-bond donors (Lipinski definition) is 3. The van der Waals surface area contributed by atoms with E-state index in [0.29, 0.717) is 33.7 Å². The van der Waals surface area contributed by atoms with Crippen LogP contribution in [0.25, 0.3) is 6.08 Å². The third-order valence-electron chi connectivity index (χ3n) is 6.04. The van der Waals surface area contributed by atoms with Gasteiger partial charge in [0.25, 0.3) is 0 Å². The average molecular weight is 509 g/mol. The highest BCUT2D eigenvalue weighted by Gasteiger charge is 2.37. The molecule has 3 aromatic rings.